The summed E-state index contributed by atoms with van der Waals surface area (Å²) in [5.41, 5.74) is 1.69. The number of hydrogen-bond donors (Lipinski definition) is 3. The first kappa shape index (κ1) is 44.5. The van der Waals surface area contributed by atoms with Gasteiger partial charge in [-0.25, -0.2) is 13.8 Å². The molecule has 16 nitrogen and oxygen atoms in total. The number of aromatic nitrogens is 3. The fourth-order valence-electron chi connectivity index (χ4n) is 9.89. The van der Waals surface area contributed by atoms with Gasteiger partial charge in [0, 0.05) is 73.3 Å². The maximum absolute atomic E-state index is 16.0. The second-order valence-corrected chi connectivity index (χ2v) is 18.3. The van der Waals surface area contributed by atoms with Crippen LogP contribution in [0.25, 0.3) is 10.9 Å². The second kappa shape index (κ2) is 18.3. The number of likely N-dealkylation sites (N-methyl/N-ethyl adjacent to an activating group) is 1. The lowest BCUT2D eigenvalue weighted by atomic mass is 9.82. The van der Waals surface area contributed by atoms with Gasteiger partial charge in [0.15, 0.2) is 18.2 Å². The maximum Gasteiger partial charge on any atom is 0.293 e. The third-order valence-electron chi connectivity index (χ3n) is 13.5. The molecule has 0 radical (unpaired) electrons. The first-order valence-electron chi connectivity index (χ1n) is 22.3. The predicted molar refractivity (Wildman–Crippen MR) is 238 cm³/mol. The van der Waals surface area contributed by atoms with E-state index in [2.05, 4.69) is 30.7 Å². The van der Waals surface area contributed by atoms with Gasteiger partial charge in [-0.1, -0.05) is 17.7 Å². The lowest BCUT2D eigenvalue weighted by molar-refractivity contribution is -0.137. The molecule has 0 bridgehead atoms. The van der Waals surface area contributed by atoms with Crippen molar-refractivity contribution in [2.75, 3.05) is 50.1 Å². The molecule has 1 saturated carbocycles. The number of nitrogens with zero attached hydrogens (tertiary/aromatic N) is 6. The van der Waals surface area contributed by atoms with E-state index < -0.39 is 41.7 Å². The number of piperidine rings is 3. The monoisotopic (exact) mass is 915 g/mol. The van der Waals surface area contributed by atoms with Gasteiger partial charge < -0.3 is 34.5 Å². The minimum atomic E-state index is -1.29. The Morgan fingerprint density at radius 2 is 1.80 bits per heavy atom. The number of hydrogen-bond acceptors (Lipinski definition) is 12. The van der Waals surface area contributed by atoms with Gasteiger partial charge >= 0.3 is 0 Å². The molecule has 3 N–H and O–H groups in total. The molecule has 2 aromatic carbocycles. The fraction of sp³-hybridized carbons (Fsp3) is 0.500. The van der Waals surface area contributed by atoms with Crippen LogP contribution in [0.4, 0.5) is 26.2 Å². The minimum Gasteiger partial charge on any atom is -0.478 e. The Balaban J connectivity index is 0.756. The quantitative estimate of drug-likeness (QED) is 0.160. The van der Waals surface area contributed by atoms with E-state index in [-0.39, 0.29) is 90.7 Å². The largest absolute Gasteiger partial charge is 0.478 e. The van der Waals surface area contributed by atoms with Crippen LogP contribution < -0.4 is 31.1 Å². The molecule has 6 heterocycles. The number of amides is 4. The first-order chi connectivity index (χ1) is 31.3. The van der Waals surface area contributed by atoms with Crippen LogP contribution in [0.2, 0.25) is 5.02 Å². The fourth-order valence-corrected chi connectivity index (χ4v) is 10.0. The molecule has 1 unspecified atom stereocenters. The number of nitrogens with one attached hydrogen (secondary N) is 3. The van der Waals surface area contributed by atoms with Crippen molar-refractivity contribution in [3.8, 4) is 5.75 Å². The standard InChI is InChI=1S/C46H52ClF2N9O7/c1-24(2)58-36-7-4-26(16-25(36)17-38(45(58)63)64-23-40(60)50-3)52-42-34(47)20-51-46(54-42)55-13-10-28(11-14-55)65-29-18-27(19-29)56-15-12-30(35(48)22-56)31-5-6-32-33(41(31)49)21-57(44(32)62)37-8-9-39(59)53-43(37)61/h4-7,16-17,20,24,27-30,35,37H,8-15,18-19,21-23H2,1-3H3,(H,50,60)(H,51,52,54)(H,53,59,61)/t27?,29?,30-,35-,37?/m0/s1. The summed E-state index contributed by atoms with van der Waals surface area (Å²) in [6.07, 6.45) is 4.30. The number of imide groups is 1. The first-order valence-corrected chi connectivity index (χ1v) is 22.7. The number of pyridine rings is 1. The molecular formula is C46H52ClF2N9O7. The summed E-state index contributed by atoms with van der Waals surface area (Å²) in [6.45, 7) is 5.61. The summed E-state index contributed by atoms with van der Waals surface area (Å²) >= 11 is 6.58. The molecule has 0 spiro atoms. The van der Waals surface area contributed by atoms with Gasteiger partial charge in [-0.3, -0.25) is 34.2 Å². The van der Waals surface area contributed by atoms with E-state index in [4.69, 9.17) is 26.1 Å². The highest BCUT2D eigenvalue weighted by Gasteiger charge is 2.44. The number of ether oxygens (including phenoxy) is 2. The lowest BCUT2D eigenvalue weighted by Gasteiger charge is -2.47. The van der Waals surface area contributed by atoms with Crippen molar-refractivity contribution in [1.29, 1.82) is 0 Å². The van der Waals surface area contributed by atoms with Gasteiger partial charge in [0.1, 0.15) is 23.1 Å². The molecule has 4 fully saturated rings. The van der Waals surface area contributed by atoms with E-state index in [9.17, 15) is 24.0 Å². The van der Waals surface area contributed by atoms with Gasteiger partial charge in [0.05, 0.1) is 30.5 Å². The molecule has 4 amide bonds. The number of rotatable bonds is 12. The van der Waals surface area contributed by atoms with Gasteiger partial charge in [-0.05, 0) is 94.8 Å². The summed E-state index contributed by atoms with van der Waals surface area (Å²) in [7, 11) is 1.50. The number of fused-ring (bicyclic) bond motifs is 2. The van der Waals surface area contributed by atoms with Crippen molar-refractivity contribution in [2.45, 2.75) is 108 Å². The third kappa shape index (κ3) is 8.87. The number of alkyl halides is 1. The molecule has 4 aromatic rings. The van der Waals surface area contributed by atoms with E-state index in [0.29, 0.717) is 54.0 Å². The summed E-state index contributed by atoms with van der Waals surface area (Å²) in [6, 6.07) is 9.43. The van der Waals surface area contributed by atoms with E-state index in [0.717, 1.165) is 31.1 Å². The number of anilines is 3. The number of halogens is 3. The SMILES string of the molecule is CNC(=O)COc1cc2cc(Nc3nc(N4CCC(OC5CC(N6CC[C@@H](c7ccc8c(c7F)CN(C7CCC(=O)NC7=O)C8=O)[C@@H](F)C6)C5)CC4)ncc3Cl)ccc2n(C(C)C)c1=O. The van der Waals surface area contributed by atoms with Gasteiger partial charge in [-0.2, -0.15) is 4.98 Å². The van der Waals surface area contributed by atoms with Crippen molar-refractivity contribution in [2.24, 2.45) is 0 Å². The van der Waals surface area contributed by atoms with Crippen molar-refractivity contribution < 1.29 is 37.4 Å². The van der Waals surface area contributed by atoms with Crippen LogP contribution in [0.5, 0.6) is 5.75 Å². The topological polar surface area (TPSA) is 180 Å². The Kier molecular flexibility index (Phi) is 12.5. The average Bonchev–Trinajstić information content (AvgIpc) is 3.61. The molecule has 9 rings (SSSR count). The number of carbonyl (C=O) groups is 4. The molecule has 65 heavy (non-hydrogen) atoms. The van der Waals surface area contributed by atoms with Gasteiger partial charge in [0.25, 0.3) is 17.4 Å². The number of carbonyl (C=O) groups excluding carboxylic acids is 4. The van der Waals surface area contributed by atoms with Crippen LogP contribution in [0.1, 0.15) is 92.2 Å². The Bertz CT molecular complexity index is 2600. The van der Waals surface area contributed by atoms with E-state index in [1.165, 1.54) is 18.0 Å². The Labute approximate surface area is 379 Å². The van der Waals surface area contributed by atoms with Crippen LogP contribution >= 0.6 is 11.6 Å². The Morgan fingerprint density at radius 3 is 2.52 bits per heavy atom. The lowest BCUT2D eigenvalue weighted by Crippen LogP contribution is -2.54. The van der Waals surface area contributed by atoms with Crippen molar-refractivity contribution in [3.05, 3.63) is 80.5 Å². The van der Waals surface area contributed by atoms with Crippen LogP contribution in [0.3, 0.4) is 0 Å². The molecule has 344 valence electrons. The van der Waals surface area contributed by atoms with E-state index >= 15 is 8.78 Å². The summed E-state index contributed by atoms with van der Waals surface area (Å²) in [5.74, 6) is -1.96. The zero-order valence-electron chi connectivity index (χ0n) is 36.5. The third-order valence-corrected chi connectivity index (χ3v) is 13.8. The molecule has 1 aliphatic carbocycles. The highest BCUT2D eigenvalue weighted by Crippen LogP contribution is 2.40. The molecule has 3 saturated heterocycles. The highest BCUT2D eigenvalue weighted by molar-refractivity contribution is 6.33. The van der Waals surface area contributed by atoms with Gasteiger partial charge in [-0.15, -0.1) is 0 Å². The normalized spacial score (nSPS) is 24.0. The summed E-state index contributed by atoms with van der Waals surface area (Å²) < 4.78 is 45.7. The molecule has 3 atom stereocenters. The molecule has 2 aromatic heterocycles. The van der Waals surface area contributed by atoms with Crippen molar-refractivity contribution >= 4 is 63.6 Å². The Morgan fingerprint density at radius 1 is 1.02 bits per heavy atom. The van der Waals surface area contributed by atoms with Crippen LogP contribution in [-0.2, 0) is 25.7 Å². The highest BCUT2D eigenvalue weighted by atomic mass is 35.5. The van der Waals surface area contributed by atoms with Crippen molar-refractivity contribution in [3.63, 3.8) is 0 Å². The summed E-state index contributed by atoms with van der Waals surface area (Å²) in [4.78, 5) is 77.2. The molecule has 4 aliphatic heterocycles. The van der Waals surface area contributed by atoms with Crippen molar-refractivity contribution in [1.82, 2.24) is 35.0 Å². The summed E-state index contributed by atoms with van der Waals surface area (Å²) in [5, 5.41) is 9.12. The molecular weight excluding hydrogens is 864 g/mol. The smallest absolute Gasteiger partial charge is 0.293 e. The van der Waals surface area contributed by atoms with E-state index in [1.54, 1.807) is 22.9 Å². The minimum absolute atomic E-state index is 0.0633. The van der Waals surface area contributed by atoms with Crippen LogP contribution in [0.15, 0.2) is 47.4 Å². The average molecular weight is 916 g/mol. The second-order valence-electron chi connectivity index (χ2n) is 17.9. The van der Waals surface area contributed by atoms with E-state index in [1.807, 2.05) is 32.0 Å². The maximum atomic E-state index is 16.0. The van der Waals surface area contributed by atoms with Crippen LogP contribution in [-0.4, -0.2) is 118 Å². The zero-order valence-corrected chi connectivity index (χ0v) is 37.2. The molecule has 5 aliphatic rings. The van der Waals surface area contributed by atoms with Crippen LogP contribution in [0, 0.1) is 5.82 Å². The number of likely N-dealkylation sites (tertiary alicyclic amines) is 1. The molecule has 19 heteroatoms. The number of benzene rings is 2. The van der Waals surface area contributed by atoms with Gasteiger partial charge in [0.2, 0.25) is 17.8 Å². The predicted octanol–water partition coefficient (Wildman–Crippen LogP) is 5.14. The Hall–Kier alpha value is -5.72. The zero-order chi connectivity index (χ0) is 45.7.